The van der Waals surface area contributed by atoms with Crippen LogP contribution in [0.5, 0.6) is 0 Å². The van der Waals surface area contributed by atoms with E-state index in [0.717, 1.165) is 70.6 Å². The zero-order valence-electron chi connectivity index (χ0n) is 54.6. The van der Waals surface area contributed by atoms with Crippen LogP contribution in [0.2, 0.25) is 0 Å². The van der Waals surface area contributed by atoms with Crippen LogP contribution in [0.1, 0.15) is 296 Å². The summed E-state index contributed by atoms with van der Waals surface area (Å²) in [6.07, 6.45) is 58.4. The van der Waals surface area contributed by atoms with Gasteiger partial charge in [0.05, 0.1) is 32.0 Å². The molecule has 1 amide bonds. The molecule has 0 aromatic rings. The van der Waals surface area contributed by atoms with E-state index in [-0.39, 0.29) is 18.9 Å². The molecule has 0 radical (unpaired) electrons. The molecule has 14 heteroatoms. The van der Waals surface area contributed by atoms with Crippen molar-refractivity contribution in [3.8, 4) is 0 Å². The van der Waals surface area contributed by atoms with Crippen LogP contribution in [0.4, 0.5) is 0 Å². The number of carbonyl (C=O) groups excluding carboxylic acids is 1. The van der Waals surface area contributed by atoms with Gasteiger partial charge in [-0.2, -0.15) is 0 Å². The topological polar surface area (TPSA) is 228 Å². The van der Waals surface area contributed by atoms with Gasteiger partial charge in [0, 0.05) is 6.42 Å². The van der Waals surface area contributed by atoms with Gasteiger partial charge in [0.2, 0.25) is 5.91 Å². The van der Waals surface area contributed by atoms with Gasteiger partial charge in [0.1, 0.15) is 48.8 Å². The highest BCUT2D eigenvalue weighted by Gasteiger charge is 2.51. The van der Waals surface area contributed by atoms with E-state index in [0.29, 0.717) is 6.42 Å². The van der Waals surface area contributed by atoms with E-state index in [2.05, 4.69) is 67.8 Å². The quantitative estimate of drug-likeness (QED) is 0.0204. The molecule has 0 bridgehead atoms. The summed E-state index contributed by atoms with van der Waals surface area (Å²) in [6.45, 7) is 2.72. The normalized spacial score (nSPS) is 23.7. The third-order valence-electron chi connectivity index (χ3n) is 17.2. The number of aliphatic hydroxyl groups excluding tert-OH is 8. The van der Waals surface area contributed by atoms with Crippen LogP contribution in [-0.4, -0.2) is 140 Å². The van der Waals surface area contributed by atoms with Gasteiger partial charge < -0.3 is 65.1 Å². The Labute approximate surface area is 524 Å². The lowest BCUT2D eigenvalue weighted by Gasteiger charge is -2.46. The highest BCUT2D eigenvalue weighted by Crippen LogP contribution is 2.30. The van der Waals surface area contributed by atoms with Gasteiger partial charge in [-0.3, -0.25) is 4.79 Å². The number of amides is 1. The van der Waals surface area contributed by atoms with Crippen molar-refractivity contribution in [2.24, 2.45) is 0 Å². The maximum atomic E-state index is 13.3. The standard InChI is InChI=1S/C72H131NO13/c1-3-5-7-9-11-13-15-17-19-21-23-25-27-28-29-30-31-32-34-35-37-39-41-43-45-47-49-51-53-55-61(76)60(59-83-71-69(82)67(80)70(63(58-75)85-71)86-72-68(81)66(79)65(78)62(57-74)84-72)73-64(77)56-54-52-50-48-46-44-42-40-38-36-33-26-24-22-20-18-16-14-12-10-8-6-4-2/h6,8,12,14,18,20,24,26,53,55,60-63,65-72,74-76,78-82H,3-5,7,9-11,13,15-17,19,21-23,25,27-52,54,56-59H2,1-2H3,(H,73,77)/b8-6-,14-12-,20-18-,26-24-,55-53+. The second kappa shape index (κ2) is 56.7. The fourth-order valence-corrected chi connectivity index (χ4v) is 11.6. The average Bonchev–Trinajstić information content (AvgIpc) is 2.54. The Hall–Kier alpha value is -2.31. The smallest absolute Gasteiger partial charge is 0.220 e. The molecule has 14 nitrogen and oxygen atoms in total. The van der Waals surface area contributed by atoms with Crippen LogP contribution in [0.3, 0.4) is 0 Å². The van der Waals surface area contributed by atoms with E-state index in [4.69, 9.17) is 18.9 Å². The Kier molecular flexibility index (Phi) is 52.6. The van der Waals surface area contributed by atoms with E-state index in [9.17, 15) is 45.6 Å². The minimum atomic E-state index is -1.79. The van der Waals surface area contributed by atoms with Crippen LogP contribution in [0, 0.1) is 0 Å². The Morgan fingerprint density at radius 1 is 0.430 bits per heavy atom. The number of ether oxygens (including phenoxy) is 4. The van der Waals surface area contributed by atoms with Crippen molar-refractivity contribution < 1.29 is 64.6 Å². The number of hydrogen-bond donors (Lipinski definition) is 9. The van der Waals surface area contributed by atoms with Gasteiger partial charge in [-0.25, -0.2) is 0 Å². The van der Waals surface area contributed by atoms with Crippen molar-refractivity contribution in [1.29, 1.82) is 0 Å². The van der Waals surface area contributed by atoms with Gasteiger partial charge in [-0.05, 0) is 57.8 Å². The van der Waals surface area contributed by atoms with Gasteiger partial charge in [-0.1, -0.05) is 293 Å². The van der Waals surface area contributed by atoms with Crippen molar-refractivity contribution in [2.45, 2.75) is 370 Å². The van der Waals surface area contributed by atoms with Crippen molar-refractivity contribution >= 4 is 5.91 Å². The zero-order valence-corrected chi connectivity index (χ0v) is 54.6. The first kappa shape index (κ1) is 79.8. The molecule has 0 aromatic carbocycles. The first-order chi connectivity index (χ1) is 42.1. The van der Waals surface area contributed by atoms with E-state index in [1.165, 1.54) is 199 Å². The molecule has 2 heterocycles. The highest BCUT2D eigenvalue weighted by molar-refractivity contribution is 5.76. The summed E-state index contributed by atoms with van der Waals surface area (Å²) in [5.41, 5.74) is 0. The molecule has 12 unspecified atom stereocenters. The fourth-order valence-electron chi connectivity index (χ4n) is 11.6. The first-order valence-corrected chi connectivity index (χ1v) is 35.5. The third-order valence-corrected chi connectivity index (χ3v) is 17.2. The van der Waals surface area contributed by atoms with Crippen molar-refractivity contribution in [3.63, 3.8) is 0 Å². The van der Waals surface area contributed by atoms with E-state index < -0.39 is 86.8 Å². The Morgan fingerprint density at radius 3 is 1.23 bits per heavy atom. The van der Waals surface area contributed by atoms with Crippen LogP contribution in [0.15, 0.2) is 60.8 Å². The van der Waals surface area contributed by atoms with E-state index in [1.807, 2.05) is 6.08 Å². The maximum Gasteiger partial charge on any atom is 0.220 e. The molecule has 2 aliphatic rings. The summed E-state index contributed by atoms with van der Waals surface area (Å²) in [5.74, 6) is -0.242. The Balaban J connectivity index is 1.68. The predicted octanol–water partition coefficient (Wildman–Crippen LogP) is 14.5. The number of carbonyl (C=O) groups is 1. The monoisotopic (exact) mass is 1220 g/mol. The lowest BCUT2D eigenvalue weighted by Crippen LogP contribution is -2.65. The molecule has 2 fully saturated rings. The SMILES string of the molecule is CC/C=C\C/C=C\C/C=C\C/C=C\CCCCCCCCCCCCC(=O)NC(COC1OC(CO)C(OC2OC(CO)C(O)C(O)C2O)C(O)C1O)C(O)/C=C/CCCCCCCCCCCCCCCCCCCCCCCCCCCCC. The summed E-state index contributed by atoms with van der Waals surface area (Å²) in [6, 6.07) is -0.921. The molecule has 0 spiro atoms. The molecule has 12 atom stereocenters. The van der Waals surface area contributed by atoms with Gasteiger partial charge in [0.25, 0.3) is 0 Å². The molecule has 0 saturated carbocycles. The summed E-state index contributed by atoms with van der Waals surface area (Å²) in [7, 11) is 0. The molecule has 0 aliphatic carbocycles. The first-order valence-electron chi connectivity index (χ1n) is 35.5. The van der Waals surface area contributed by atoms with E-state index in [1.54, 1.807) is 6.08 Å². The molecule has 2 rings (SSSR count). The molecular formula is C72H131NO13. The largest absolute Gasteiger partial charge is 0.394 e. The van der Waals surface area contributed by atoms with Crippen LogP contribution < -0.4 is 5.32 Å². The number of hydrogen-bond acceptors (Lipinski definition) is 13. The highest BCUT2D eigenvalue weighted by atomic mass is 16.7. The van der Waals surface area contributed by atoms with Crippen LogP contribution in [0.25, 0.3) is 0 Å². The van der Waals surface area contributed by atoms with Gasteiger partial charge in [0.15, 0.2) is 12.6 Å². The number of allylic oxidation sites excluding steroid dienone is 9. The number of rotatable bonds is 58. The lowest BCUT2D eigenvalue weighted by atomic mass is 9.97. The minimum Gasteiger partial charge on any atom is -0.394 e. The van der Waals surface area contributed by atoms with E-state index >= 15 is 0 Å². The summed E-state index contributed by atoms with van der Waals surface area (Å²) >= 11 is 0. The van der Waals surface area contributed by atoms with Crippen molar-refractivity contribution in [2.75, 3.05) is 19.8 Å². The maximum absolute atomic E-state index is 13.3. The van der Waals surface area contributed by atoms with Crippen molar-refractivity contribution in [3.05, 3.63) is 60.8 Å². The molecule has 2 aliphatic heterocycles. The Bertz CT molecular complexity index is 1670. The molecule has 502 valence electrons. The second-order valence-corrected chi connectivity index (χ2v) is 25.0. The molecule has 2 saturated heterocycles. The lowest BCUT2D eigenvalue weighted by molar-refractivity contribution is -0.359. The number of unbranched alkanes of at least 4 members (excludes halogenated alkanes) is 37. The Morgan fingerprint density at radius 2 is 0.802 bits per heavy atom. The van der Waals surface area contributed by atoms with Gasteiger partial charge in [-0.15, -0.1) is 0 Å². The molecular weight excluding hydrogens is 1090 g/mol. The van der Waals surface area contributed by atoms with Gasteiger partial charge >= 0.3 is 0 Å². The molecule has 86 heavy (non-hydrogen) atoms. The molecule has 0 aromatic heterocycles. The molecule has 9 N–H and O–H groups in total. The number of aliphatic hydroxyl groups is 8. The second-order valence-electron chi connectivity index (χ2n) is 25.0. The average molecular weight is 1220 g/mol. The minimum absolute atomic E-state index is 0.242. The van der Waals surface area contributed by atoms with Crippen LogP contribution >= 0.6 is 0 Å². The van der Waals surface area contributed by atoms with Crippen molar-refractivity contribution in [1.82, 2.24) is 5.32 Å². The predicted molar refractivity (Wildman–Crippen MR) is 350 cm³/mol. The fraction of sp³-hybridized carbons (Fsp3) is 0.847. The third kappa shape index (κ3) is 40.4. The summed E-state index contributed by atoms with van der Waals surface area (Å²) < 4.78 is 22.9. The number of nitrogens with one attached hydrogen (secondary N) is 1. The van der Waals surface area contributed by atoms with Crippen LogP contribution in [-0.2, 0) is 23.7 Å². The summed E-state index contributed by atoms with van der Waals surface area (Å²) in [4.78, 5) is 13.3. The summed E-state index contributed by atoms with van der Waals surface area (Å²) in [5, 5.41) is 87.5. The zero-order chi connectivity index (χ0) is 62.3.